The van der Waals surface area contributed by atoms with E-state index in [0.717, 1.165) is 11.3 Å². The number of dihydropyridines is 1. The molecular weight excluding hydrogens is 511 g/mol. The molecule has 1 heterocycles. The number of amides is 1. The van der Waals surface area contributed by atoms with Crippen molar-refractivity contribution < 1.29 is 28.2 Å². The van der Waals surface area contributed by atoms with Crippen LogP contribution >= 0.6 is 0 Å². The highest BCUT2D eigenvalue weighted by atomic mass is 19.1. The van der Waals surface area contributed by atoms with E-state index in [1.807, 2.05) is 37.3 Å². The maximum absolute atomic E-state index is 13.9. The fraction of sp³-hybridized carbons (Fsp3) is 0.250. The fourth-order valence-corrected chi connectivity index (χ4v) is 5.63. The first-order chi connectivity index (χ1) is 19.3. The molecule has 0 spiro atoms. The number of hydrogen-bond acceptors (Lipinski definition) is 6. The third kappa shape index (κ3) is 5.04. The van der Waals surface area contributed by atoms with E-state index in [2.05, 4.69) is 10.6 Å². The van der Waals surface area contributed by atoms with Crippen LogP contribution in [-0.2, 0) is 9.59 Å². The molecule has 206 valence electrons. The van der Waals surface area contributed by atoms with Crippen molar-refractivity contribution in [2.45, 2.75) is 31.6 Å². The largest absolute Gasteiger partial charge is 0.493 e. The highest BCUT2D eigenvalue weighted by Crippen LogP contribution is 2.49. The summed E-state index contributed by atoms with van der Waals surface area (Å²) in [4.78, 5) is 27.7. The maximum atomic E-state index is 13.9. The van der Waals surface area contributed by atoms with Gasteiger partial charge in [-0.05, 0) is 66.8 Å². The Balaban J connectivity index is 1.64. The summed E-state index contributed by atoms with van der Waals surface area (Å²) in [7, 11) is 4.56. The number of nitrogens with one attached hydrogen (secondary N) is 2. The van der Waals surface area contributed by atoms with Gasteiger partial charge in [-0.2, -0.15) is 0 Å². The lowest BCUT2D eigenvalue weighted by Gasteiger charge is -2.37. The molecule has 7 nitrogen and oxygen atoms in total. The summed E-state index contributed by atoms with van der Waals surface area (Å²) < 4.78 is 30.2. The molecule has 0 aromatic heterocycles. The number of methoxy groups -OCH3 is 3. The van der Waals surface area contributed by atoms with Gasteiger partial charge in [-0.15, -0.1) is 0 Å². The van der Waals surface area contributed by atoms with E-state index in [-0.39, 0.29) is 11.7 Å². The normalized spacial score (nSPS) is 18.6. The van der Waals surface area contributed by atoms with E-state index in [4.69, 9.17) is 14.2 Å². The maximum Gasteiger partial charge on any atom is 0.254 e. The monoisotopic (exact) mass is 542 g/mol. The first-order valence-electron chi connectivity index (χ1n) is 13.0. The lowest BCUT2D eigenvalue weighted by molar-refractivity contribution is -0.116. The quantitative estimate of drug-likeness (QED) is 0.390. The number of hydrogen-bond donors (Lipinski definition) is 2. The summed E-state index contributed by atoms with van der Waals surface area (Å²) in [6.45, 7) is 1.82. The Morgan fingerprint density at radius 1 is 0.900 bits per heavy atom. The van der Waals surface area contributed by atoms with Crippen molar-refractivity contribution in [1.82, 2.24) is 5.32 Å². The summed E-state index contributed by atoms with van der Waals surface area (Å²) in [6.07, 6.45) is 0.938. The number of anilines is 1. The summed E-state index contributed by atoms with van der Waals surface area (Å²) in [5.74, 6) is -0.288. The van der Waals surface area contributed by atoms with Crippen LogP contribution in [0.2, 0.25) is 0 Å². The SMILES string of the molecule is COc1cc(C2C(C(=O)Nc3ccc(F)cc3)=C(C)NC3=C2C(=O)CC(c2ccccc2)C3)cc(OC)c1OC. The van der Waals surface area contributed by atoms with Gasteiger partial charge in [-0.25, -0.2) is 4.39 Å². The Morgan fingerprint density at radius 3 is 2.15 bits per heavy atom. The molecule has 2 N–H and O–H groups in total. The minimum Gasteiger partial charge on any atom is -0.493 e. The predicted octanol–water partition coefficient (Wildman–Crippen LogP) is 5.85. The number of ketones is 1. The van der Waals surface area contributed by atoms with Gasteiger partial charge >= 0.3 is 0 Å². The van der Waals surface area contributed by atoms with Crippen LogP contribution in [0.4, 0.5) is 10.1 Å². The van der Waals surface area contributed by atoms with Crippen molar-refractivity contribution in [3.63, 3.8) is 0 Å². The standard InChI is InChI=1S/C32H31FN2O5/c1-18-28(32(37)35-23-12-10-22(33)11-13-23)29(21-16-26(38-2)31(40-4)27(17-21)39-3)30-24(34-18)14-20(15-25(30)36)19-8-6-5-7-9-19/h5-13,16-17,20,29,34H,14-15H2,1-4H3,(H,35,37). The van der Waals surface area contributed by atoms with E-state index in [0.29, 0.717) is 58.2 Å². The van der Waals surface area contributed by atoms with Crippen LogP contribution < -0.4 is 24.8 Å². The number of benzene rings is 3. The third-order valence-corrected chi connectivity index (χ3v) is 7.47. The van der Waals surface area contributed by atoms with Gasteiger partial charge in [-0.1, -0.05) is 30.3 Å². The summed E-state index contributed by atoms with van der Waals surface area (Å²) in [5, 5.41) is 6.25. The molecule has 0 radical (unpaired) electrons. The molecule has 2 atom stereocenters. The van der Waals surface area contributed by atoms with Gasteiger partial charge in [0, 0.05) is 40.6 Å². The smallest absolute Gasteiger partial charge is 0.254 e. The second-order valence-electron chi connectivity index (χ2n) is 9.85. The molecule has 0 saturated carbocycles. The molecule has 40 heavy (non-hydrogen) atoms. The third-order valence-electron chi connectivity index (χ3n) is 7.47. The van der Waals surface area contributed by atoms with Crippen molar-refractivity contribution in [1.29, 1.82) is 0 Å². The van der Waals surface area contributed by atoms with Crippen molar-refractivity contribution in [3.05, 3.63) is 106 Å². The van der Waals surface area contributed by atoms with Gasteiger partial charge in [0.25, 0.3) is 5.91 Å². The van der Waals surface area contributed by atoms with Gasteiger partial charge in [0.05, 0.1) is 21.3 Å². The number of halogens is 1. The molecule has 0 bridgehead atoms. The molecule has 1 amide bonds. The Labute approximate surface area is 232 Å². The van der Waals surface area contributed by atoms with Crippen LogP contribution in [0.15, 0.2) is 89.3 Å². The molecule has 0 fully saturated rings. The zero-order valence-electron chi connectivity index (χ0n) is 22.8. The topological polar surface area (TPSA) is 85.9 Å². The van der Waals surface area contributed by atoms with Crippen molar-refractivity contribution in [2.75, 3.05) is 26.6 Å². The number of Topliss-reactive ketones (excluding diaryl/α,β-unsaturated/α-hetero) is 1. The Hall–Kier alpha value is -4.59. The molecule has 0 saturated heterocycles. The zero-order valence-corrected chi connectivity index (χ0v) is 22.8. The van der Waals surface area contributed by atoms with Crippen LogP contribution in [0.3, 0.4) is 0 Å². The Kier molecular flexibility index (Phi) is 7.60. The van der Waals surface area contributed by atoms with E-state index >= 15 is 0 Å². The van der Waals surface area contributed by atoms with E-state index < -0.39 is 17.6 Å². The lowest BCUT2D eigenvalue weighted by Crippen LogP contribution is -2.37. The molecular formula is C32H31FN2O5. The average molecular weight is 543 g/mol. The molecule has 8 heteroatoms. The van der Waals surface area contributed by atoms with E-state index in [1.165, 1.54) is 45.6 Å². The van der Waals surface area contributed by atoms with Crippen LogP contribution in [0.5, 0.6) is 17.2 Å². The first kappa shape index (κ1) is 27.0. The number of ether oxygens (including phenoxy) is 3. The van der Waals surface area contributed by atoms with Crippen LogP contribution in [0.1, 0.15) is 42.7 Å². The molecule has 1 aliphatic heterocycles. The van der Waals surface area contributed by atoms with Gasteiger partial charge < -0.3 is 24.8 Å². The van der Waals surface area contributed by atoms with E-state index in [9.17, 15) is 14.0 Å². The molecule has 5 rings (SSSR count). The van der Waals surface area contributed by atoms with Gasteiger partial charge in [0.2, 0.25) is 5.75 Å². The fourth-order valence-electron chi connectivity index (χ4n) is 5.63. The van der Waals surface area contributed by atoms with Crippen LogP contribution in [-0.4, -0.2) is 33.0 Å². The van der Waals surface area contributed by atoms with Crippen LogP contribution in [0, 0.1) is 5.82 Å². The minimum atomic E-state index is -0.699. The summed E-state index contributed by atoms with van der Waals surface area (Å²) in [6, 6.07) is 19.1. The zero-order chi connectivity index (χ0) is 28.4. The molecule has 3 aromatic rings. The van der Waals surface area contributed by atoms with Gasteiger partial charge in [0.1, 0.15) is 5.82 Å². The first-order valence-corrected chi connectivity index (χ1v) is 13.0. The number of allylic oxidation sites excluding steroid dienone is 3. The van der Waals surface area contributed by atoms with Gasteiger partial charge in [-0.3, -0.25) is 9.59 Å². The Bertz CT molecular complexity index is 1490. The molecule has 1 aliphatic carbocycles. The van der Waals surface area contributed by atoms with Crippen LogP contribution in [0.25, 0.3) is 0 Å². The Morgan fingerprint density at radius 2 is 1.55 bits per heavy atom. The molecule has 3 aromatic carbocycles. The van der Waals surface area contributed by atoms with Crippen molar-refractivity contribution in [3.8, 4) is 17.2 Å². The second kappa shape index (κ2) is 11.3. The minimum absolute atomic E-state index is 0.0166. The van der Waals surface area contributed by atoms with Crippen molar-refractivity contribution in [2.24, 2.45) is 0 Å². The molecule has 2 aliphatic rings. The number of carbonyl (C=O) groups excluding carboxylic acids is 2. The summed E-state index contributed by atoms with van der Waals surface area (Å²) >= 11 is 0. The lowest BCUT2D eigenvalue weighted by atomic mass is 9.71. The highest BCUT2D eigenvalue weighted by molar-refractivity contribution is 6.10. The second-order valence-corrected chi connectivity index (χ2v) is 9.85. The van der Waals surface area contributed by atoms with E-state index in [1.54, 1.807) is 12.1 Å². The number of rotatable bonds is 7. The van der Waals surface area contributed by atoms with Gasteiger partial charge in [0.15, 0.2) is 17.3 Å². The summed E-state index contributed by atoms with van der Waals surface area (Å²) in [5.41, 5.74) is 4.52. The highest BCUT2D eigenvalue weighted by Gasteiger charge is 2.41. The number of carbonyl (C=O) groups is 2. The molecule has 2 unspecified atom stereocenters. The van der Waals surface area contributed by atoms with Crippen molar-refractivity contribution >= 4 is 17.4 Å². The predicted molar refractivity (Wildman–Crippen MR) is 150 cm³/mol. The average Bonchev–Trinajstić information content (AvgIpc) is 2.97.